The third-order valence-corrected chi connectivity index (χ3v) is 9.68. The number of carbonyl (C=O) groups excluding carboxylic acids is 4. The maximum atomic E-state index is 13.2. The molecule has 282 valence electrons. The summed E-state index contributed by atoms with van der Waals surface area (Å²) in [5.74, 6) is -5.34. The van der Waals surface area contributed by atoms with Crippen molar-refractivity contribution in [2.45, 2.75) is 58.1 Å². The summed E-state index contributed by atoms with van der Waals surface area (Å²) < 4.78 is 11.1. The van der Waals surface area contributed by atoms with Crippen molar-refractivity contribution in [1.29, 1.82) is 0 Å². The fourth-order valence-electron chi connectivity index (χ4n) is 3.87. The number of thiazole rings is 1. The number of thioether (sulfide) groups is 2. The van der Waals surface area contributed by atoms with Gasteiger partial charge in [0.05, 0.1) is 10.8 Å². The number of hydrogen-bond acceptors (Lipinski definition) is 17. The molecule has 1 saturated heterocycles. The van der Waals surface area contributed by atoms with Crippen LogP contribution in [0.1, 0.15) is 57.9 Å². The molecule has 0 radical (unpaired) electrons. The number of oxime groups is 1. The first kappa shape index (κ1) is 41.5. The fraction of sp³-hybridized carbons (Fsp3) is 0.467. The van der Waals surface area contributed by atoms with Gasteiger partial charge in [0.25, 0.3) is 17.6 Å². The van der Waals surface area contributed by atoms with Gasteiger partial charge < -0.3 is 35.6 Å². The minimum atomic E-state index is -1.37. The van der Waals surface area contributed by atoms with Gasteiger partial charge in [-0.05, 0) is 41.5 Å². The number of carbonyl (C=O) groups is 6. The highest BCUT2D eigenvalue weighted by Gasteiger charge is 2.55. The zero-order valence-corrected chi connectivity index (χ0v) is 31.9. The lowest BCUT2D eigenvalue weighted by atomic mass is 9.98. The Morgan fingerprint density at radius 3 is 2.25 bits per heavy atom. The molecular weight excluding hydrogens is 745 g/mol. The van der Waals surface area contributed by atoms with Crippen LogP contribution in [0.4, 0.5) is 5.13 Å². The van der Waals surface area contributed by atoms with E-state index in [-0.39, 0.29) is 44.5 Å². The zero-order valence-electron chi connectivity index (χ0n) is 29.4. The minimum absolute atomic E-state index is 0.00109. The van der Waals surface area contributed by atoms with Gasteiger partial charge in [0, 0.05) is 28.7 Å². The van der Waals surface area contributed by atoms with Crippen LogP contribution in [0.25, 0.3) is 0 Å². The van der Waals surface area contributed by atoms with Crippen molar-refractivity contribution in [2.24, 2.45) is 23.0 Å². The van der Waals surface area contributed by atoms with E-state index in [1.54, 1.807) is 41.5 Å². The van der Waals surface area contributed by atoms with Gasteiger partial charge in [-0.3, -0.25) is 24.1 Å². The summed E-state index contributed by atoms with van der Waals surface area (Å²) in [4.78, 5) is 87.1. The number of aromatic nitrogens is 4. The topological polar surface area (TPSA) is 268 Å². The SMILES string of the molecule is C=C1S[C@@H]2[C@H](NC(=O)/C(=N\OC)c3csc(N)n3)C(=O)N2C(C(=O)O)=C1CSc1nc(C(=O)OCOC(=O)C(C)(C)C)nn1C.CC(C)(C)C(=O)O. The van der Waals surface area contributed by atoms with Gasteiger partial charge in [0.1, 0.15) is 29.9 Å². The van der Waals surface area contributed by atoms with Crippen LogP contribution in [0.2, 0.25) is 0 Å². The number of nitrogens with zero attached hydrogens (tertiary/aromatic N) is 6. The maximum absolute atomic E-state index is 13.2. The van der Waals surface area contributed by atoms with Gasteiger partial charge in [-0.2, -0.15) is 4.98 Å². The van der Waals surface area contributed by atoms with Gasteiger partial charge >= 0.3 is 23.9 Å². The molecule has 0 spiro atoms. The van der Waals surface area contributed by atoms with Crippen molar-refractivity contribution in [2.75, 3.05) is 25.4 Å². The number of aryl methyl sites for hydroxylation is 1. The zero-order chi connectivity index (χ0) is 39.3. The van der Waals surface area contributed by atoms with Crippen LogP contribution < -0.4 is 11.1 Å². The van der Waals surface area contributed by atoms with Crippen LogP contribution in [-0.2, 0) is 45.3 Å². The molecule has 0 aliphatic carbocycles. The average Bonchev–Trinajstić information content (AvgIpc) is 3.65. The first-order chi connectivity index (χ1) is 24.1. The van der Waals surface area contributed by atoms with E-state index in [1.165, 1.54) is 24.2 Å². The van der Waals surface area contributed by atoms with Gasteiger partial charge in [-0.15, -0.1) is 16.4 Å². The molecule has 4 rings (SSSR count). The Morgan fingerprint density at radius 1 is 1.10 bits per heavy atom. The molecule has 0 unspecified atom stereocenters. The van der Waals surface area contributed by atoms with Crippen LogP contribution in [0.15, 0.2) is 38.4 Å². The number of ether oxygens (including phenoxy) is 2. The molecule has 2 aromatic heterocycles. The molecule has 0 aromatic carbocycles. The van der Waals surface area contributed by atoms with Crippen molar-refractivity contribution in [1.82, 2.24) is 30.0 Å². The molecule has 2 atom stereocenters. The number of carboxylic acid groups (broad SMARTS) is 2. The van der Waals surface area contributed by atoms with Gasteiger partial charge in [0.15, 0.2) is 16.0 Å². The summed E-state index contributed by atoms with van der Waals surface area (Å²) in [6, 6.07) is -1.09. The van der Waals surface area contributed by atoms with E-state index in [4.69, 9.17) is 25.2 Å². The van der Waals surface area contributed by atoms with E-state index in [1.807, 2.05) is 0 Å². The number of β-lactam (4-membered cyclic amide) rings is 1. The average molecular weight is 783 g/mol. The van der Waals surface area contributed by atoms with Crippen molar-refractivity contribution in [3.63, 3.8) is 0 Å². The second-order valence-corrected chi connectivity index (χ2v) is 15.9. The molecule has 19 nitrogen and oxygen atoms in total. The Balaban J connectivity index is 0.000000944. The molecule has 2 amide bonds. The summed E-state index contributed by atoms with van der Waals surface area (Å²) >= 11 is 3.24. The Labute approximate surface area is 310 Å². The van der Waals surface area contributed by atoms with Crippen LogP contribution >= 0.6 is 34.9 Å². The van der Waals surface area contributed by atoms with Crippen molar-refractivity contribution < 1.29 is 53.3 Å². The molecule has 4 heterocycles. The highest BCUT2D eigenvalue weighted by molar-refractivity contribution is 8.04. The van der Waals surface area contributed by atoms with Crippen molar-refractivity contribution >= 4 is 81.4 Å². The molecule has 1 fully saturated rings. The lowest BCUT2D eigenvalue weighted by Crippen LogP contribution is -2.70. The lowest BCUT2D eigenvalue weighted by Gasteiger charge is -2.49. The Morgan fingerprint density at radius 2 is 1.73 bits per heavy atom. The van der Waals surface area contributed by atoms with Gasteiger partial charge in [-0.1, -0.05) is 35.3 Å². The number of aliphatic carboxylic acids is 2. The molecule has 22 heteroatoms. The quantitative estimate of drug-likeness (QED) is 0.0634. The van der Waals surface area contributed by atoms with Crippen LogP contribution in [0.5, 0.6) is 0 Å². The molecule has 2 aliphatic heterocycles. The molecular formula is C30H38N8O11S3. The largest absolute Gasteiger partial charge is 0.481 e. The highest BCUT2D eigenvalue weighted by Crippen LogP contribution is 2.47. The van der Waals surface area contributed by atoms with Crippen LogP contribution in [0, 0.1) is 10.8 Å². The monoisotopic (exact) mass is 782 g/mol. The summed E-state index contributed by atoms with van der Waals surface area (Å²) in [6.45, 7) is 13.3. The minimum Gasteiger partial charge on any atom is -0.481 e. The van der Waals surface area contributed by atoms with E-state index in [2.05, 4.69) is 32.1 Å². The maximum Gasteiger partial charge on any atom is 0.381 e. The number of nitrogens with one attached hydrogen (secondary N) is 1. The van der Waals surface area contributed by atoms with Crippen LogP contribution in [0.3, 0.4) is 0 Å². The number of rotatable bonds is 11. The van der Waals surface area contributed by atoms with Crippen molar-refractivity contribution in [3.8, 4) is 0 Å². The summed E-state index contributed by atoms with van der Waals surface area (Å²) in [6.07, 6.45) is 0. The smallest absolute Gasteiger partial charge is 0.381 e. The highest BCUT2D eigenvalue weighted by atomic mass is 32.2. The predicted molar refractivity (Wildman–Crippen MR) is 189 cm³/mol. The first-order valence-electron chi connectivity index (χ1n) is 15.0. The molecule has 2 aromatic rings. The second-order valence-electron chi connectivity index (χ2n) is 12.8. The Bertz CT molecular complexity index is 1840. The lowest BCUT2D eigenvalue weighted by molar-refractivity contribution is -0.161. The number of nitrogens with two attached hydrogens (primary N) is 1. The summed E-state index contributed by atoms with van der Waals surface area (Å²) in [7, 11) is 2.76. The third-order valence-electron chi connectivity index (χ3n) is 6.71. The number of anilines is 1. The number of allylic oxidation sites excluding steroid dienone is 1. The Hall–Kier alpha value is -4.96. The van der Waals surface area contributed by atoms with E-state index >= 15 is 0 Å². The molecule has 5 N–H and O–H groups in total. The Kier molecular flexibility index (Phi) is 13.2. The molecule has 2 aliphatic rings. The predicted octanol–water partition coefficient (Wildman–Crippen LogP) is 2.07. The summed E-state index contributed by atoms with van der Waals surface area (Å²) in [5.41, 5.74) is 4.18. The fourth-order valence-corrected chi connectivity index (χ4v) is 6.71. The number of carboxylic acids is 2. The number of fused-ring (bicyclic) bond motifs is 1. The van der Waals surface area contributed by atoms with Crippen LogP contribution in [-0.4, -0.2) is 107 Å². The molecule has 52 heavy (non-hydrogen) atoms. The number of nitrogen functional groups attached to an aromatic ring is 1. The third kappa shape index (κ3) is 9.88. The van der Waals surface area contributed by atoms with Crippen molar-refractivity contribution in [3.05, 3.63) is 39.7 Å². The first-order valence-corrected chi connectivity index (χ1v) is 17.7. The standard InChI is InChI=1S/C25H28N8O9S3.C5H10O2/c1-10-11(7-44-24-29-16(30-32(24)5)21(38)41-9-42-22(39)25(2,3)4)15(20(36)37)33-18(35)14(19(33)45-10)28-17(34)13(31-40-6)12-8-43-23(26)27-12;1-5(2,3)4(6)7/h8,14,19H,1,7,9H2,2-6H3,(H2,26,27)(H,28,34)(H,36,37);1-3H3,(H,6,7)/b31-13-;/t14-,19-;/m1./s1. The van der Waals surface area contributed by atoms with E-state index in [0.717, 1.165) is 39.8 Å². The van der Waals surface area contributed by atoms with Gasteiger partial charge in [0.2, 0.25) is 6.79 Å². The van der Waals surface area contributed by atoms with E-state index in [9.17, 15) is 33.9 Å². The number of amides is 2. The summed E-state index contributed by atoms with van der Waals surface area (Å²) in [5, 5.41) is 29.7. The van der Waals surface area contributed by atoms with E-state index < -0.39 is 64.7 Å². The second kappa shape index (κ2) is 16.6. The van der Waals surface area contributed by atoms with E-state index in [0.29, 0.717) is 4.91 Å². The normalized spacial score (nSPS) is 17.3. The molecule has 0 saturated carbocycles. The molecule has 0 bridgehead atoms. The number of hydrogen-bond donors (Lipinski definition) is 4. The number of esters is 2. The van der Waals surface area contributed by atoms with Gasteiger partial charge in [-0.25, -0.2) is 19.3 Å².